The quantitative estimate of drug-likeness (QED) is 0.566. The number of hydrogen-bond donors (Lipinski definition) is 0. The Morgan fingerprint density at radius 2 is 1.41 bits per heavy atom. The molecule has 1 atom stereocenters. The largest absolute Gasteiger partial charge is 0.0992 e. The van der Waals surface area contributed by atoms with Gasteiger partial charge in [-0.1, -0.05) is 99.7 Å². The van der Waals surface area contributed by atoms with Crippen LogP contribution in [0.2, 0.25) is 0 Å². The van der Waals surface area contributed by atoms with Gasteiger partial charge in [-0.15, -0.1) is 0 Å². The molecule has 22 heavy (non-hydrogen) atoms. The van der Waals surface area contributed by atoms with E-state index in [2.05, 4.69) is 101 Å². The van der Waals surface area contributed by atoms with E-state index in [9.17, 15) is 0 Å². The summed E-state index contributed by atoms with van der Waals surface area (Å²) in [5.74, 6) is 0.225. The maximum absolute atomic E-state index is 4.27. The highest BCUT2D eigenvalue weighted by Gasteiger charge is 2.21. The summed E-state index contributed by atoms with van der Waals surface area (Å²) in [6.07, 6.45) is 2.38. The fourth-order valence-electron chi connectivity index (χ4n) is 2.81. The summed E-state index contributed by atoms with van der Waals surface area (Å²) in [6, 6.07) is 21.3. The van der Waals surface area contributed by atoms with E-state index in [1.165, 1.54) is 22.3 Å². The molecule has 0 radical (unpaired) electrons. The Hall–Kier alpha value is -2.08. The van der Waals surface area contributed by atoms with Gasteiger partial charge in [0, 0.05) is 5.92 Å². The zero-order valence-electron chi connectivity index (χ0n) is 14.1. The van der Waals surface area contributed by atoms with Crippen molar-refractivity contribution in [2.75, 3.05) is 0 Å². The van der Waals surface area contributed by atoms with Crippen LogP contribution in [0.15, 0.2) is 78.9 Å². The lowest BCUT2D eigenvalue weighted by molar-refractivity contribution is 0.544. The normalized spacial score (nSPS) is 13.7. The van der Waals surface area contributed by atoms with Gasteiger partial charge in [-0.05, 0) is 29.0 Å². The first kappa shape index (κ1) is 16.3. The monoisotopic (exact) mass is 290 g/mol. The molecule has 0 aromatic heterocycles. The van der Waals surface area contributed by atoms with Crippen LogP contribution in [0.4, 0.5) is 0 Å². The highest BCUT2D eigenvalue weighted by molar-refractivity contribution is 5.75. The van der Waals surface area contributed by atoms with Crippen LogP contribution in [0.1, 0.15) is 44.7 Å². The van der Waals surface area contributed by atoms with Gasteiger partial charge in [-0.25, -0.2) is 0 Å². The smallest absolute Gasteiger partial charge is 0.0296 e. The molecule has 2 aromatic carbocycles. The first-order valence-electron chi connectivity index (χ1n) is 7.87. The summed E-state index contributed by atoms with van der Waals surface area (Å²) < 4.78 is 0. The van der Waals surface area contributed by atoms with Gasteiger partial charge in [-0.2, -0.15) is 0 Å². The minimum atomic E-state index is 0.119. The van der Waals surface area contributed by atoms with E-state index in [0.717, 1.165) is 0 Å². The molecule has 0 spiro atoms. The Bertz CT molecular complexity index is 639. The molecule has 0 unspecified atom stereocenters. The zero-order chi connectivity index (χ0) is 16.2. The van der Waals surface area contributed by atoms with E-state index in [4.69, 9.17) is 0 Å². The summed E-state index contributed by atoms with van der Waals surface area (Å²) >= 11 is 0. The molecule has 0 saturated heterocycles. The molecule has 0 heterocycles. The van der Waals surface area contributed by atoms with Crippen molar-refractivity contribution in [3.63, 3.8) is 0 Å². The van der Waals surface area contributed by atoms with E-state index in [1.54, 1.807) is 0 Å². The van der Waals surface area contributed by atoms with Crippen LogP contribution in [-0.4, -0.2) is 0 Å². The molecule has 0 aliphatic rings. The molecule has 2 rings (SSSR count). The number of benzene rings is 2. The van der Waals surface area contributed by atoms with E-state index >= 15 is 0 Å². The summed E-state index contributed by atoms with van der Waals surface area (Å²) in [7, 11) is 0. The maximum atomic E-state index is 4.27. The average Bonchev–Trinajstić information content (AvgIpc) is 2.47. The first-order chi connectivity index (χ1) is 10.4. The molecule has 0 N–H and O–H groups in total. The van der Waals surface area contributed by atoms with Crippen LogP contribution >= 0.6 is 0 Å². The molecule has 0 aliphatic heterocycles. The van der Waals surface area contributed by atoms with E-state index in [0.29, 0.717) is 0 Å². The van der Waals surface area contributed by atoms with Gasteiger partial charge in [0.2, 0.25) is 0 Å². The van der Waals surface area contributed by atoms with Gasteiger partial charge >= 0.3 is 0 Å². The topological polar surface area (TPSA) is 0 Å². The van der Waals surface area contributed by atoms with Crippen molar-refractivity contribution in [1.29, 1.82) is 0 Å². The fourth-order valence-corrected chi connectivity index (χ4v) is 2.81. The lowest BCUT2D eigenvalue weighted by atomic mass is 9.79. The lowest BCUT2D eigenvalue weighted by Gasteiger charge is -2.25. The third-order valence-electron chi connectivity index (χ3n) is 3.63. The van der Waals surface area contributed by atoms with Crippen molar-refractivity contribution >= 4 is 5.57 Å². The molecule has 0 nitrogen and oxygen atoms in total. The summed E-state index contributed by atoms with van der Waals surface area (Å²) in [5.41, 5.74) is 5.20. The molecular formula is C22H26. The summed E-state index contributed by atoms with van der Waals surface area (Å²) in [6.45, 7) is 13.1. The maximum Gasteiger partial charge on any atom is 0.0296 e. The van der Waals surface area contributed by atoms with Crippen molar-refractivity contribution < 1.29 is 0 Å². The van der Waals surface area contributed by atoms with Crippen LogP contribution < -0.4 is 0 Å². The van der Waals surface area contributed by atoms with Crippen molar-refractivity contribution in [3.8, 4) is 0 Å². The van der Waals surface area contributed by atoms with E-state index in [1.807, 2.05) is 0 Å². The van der Waals surface area contributed by atoms with Crippen LogP contribution in [-0.2, 0) is 0 Å². The highest BCUT2D eigenvalue weighted by Crippen LogP contribution is 2.39. The molecule has 0 bridgehead atoms. The third-order valence-corrected chi connectivity index (χ3v) is 3.63. The van der Waals surface area contributed by atoms with Crippen molar-refractivity contribution in [1.82, 2.24) is 0 Å². The Labute approximate surface area is 135 Å². The number of rotatable bonds is 4. The second-order valence-electron chi connectivity index (χ2n) is 7.02. The van der Waals surface area contributed by atoms with Crippen molar-refractivity contribution in [2.24, 2.45) is 5.41 Å². The van der Waals surface area contributed by atoms with Crippen molar-refractivity contribution in [3.05, 3.63) is 90.0 Å². The van der Waals surface area contributed by atoms with Crippen LogP contribution in [0.25, 0.3) is 5.57 Å². The molecule has 2 aromatic rings. The second-order valence-corrected chi connectivity index (χ2v) is 7.02. The zero-order valence-corrected chi connectivity index (χ0v) is 14.1. The minimum Gasteiger partial charge on any atom is -0.0992 e. The molecule has 0 saturated carbocycles. The highest BCUT2D eigenvalue weighted by atomic mass is 14.2. The Morgan fingerprint density at radius 3 is 1.86 bits per heavy atom. The van der Waals surface area contributed by atoms with Gasteiger partial charge in [0.05, 0.1) is 0 Å². The molecule has 0 aliphatic carbocycles. The van der Waals surface area contributed by atoms with E-state index < -0.39 is 0 Å². The first-order valence-corrected chi connectivity index (χ1v) is 7.87. The number of hydrogen-bond acceptors (Lipinski definition) is 0. The molecule has 0 fully saturated rings. The third kappa shape index (κ3) is 4.21. The molecule has 0 heteroatoms. The Balaban J connectivity index is 2.61. The lowest BCUT2D eigenvalue weighted by Crippen LogP contribution is -2.08. The second kappa shape index (κ2) is 6.79. The SMILES string of the molecule is C=C(C)[C@@H](/C(=C/C(C)(C)C)c1ccccc1)c1ccccc1. The average molecular weight is 290 g/mol. The van der Waals surface area contributed by atoms with Crippen LogP contribution in [0.5, 0.6) is 0 Å². The fraction of sp³-hybridized carbons (Fsp3) is 0.273. The molecular weight excluding hydrogens is 264 g/mol. The van der Waals surface area contributed by atoms with Gasteiger partial charge < -0.3 is 0 Å². The molecule has 114 valence electrons. The standard InChI is InChI=1S/C22H26/c1-17(2)21(19-14-10-7-11-15-19)20(16-22(3,4)5)18-12-8-6-9-13-18/h6-16,21H,1H2,2-5H3/b20-16+/t21-/m1/s1. The van der Waals surface area contributed by atoms with Gasteiger partial charge in [0.1, 0.15) is 0 Å². The predicted molar refractivity (Wildman–Crippen MR) is 97.9 cm³/mol. The van der Waals surface area contributed by atoms with Crippen molar-refractivity contribution in [2.45, 2.75) is 33.6 Å². The van der Waals surface area contributed by atoms with Crippen LogP contribution in [0, 0.1) is 5.41 Å². The Morgan fingerprint density at radius 1 is 0.909 bits per heavy atom. The predicted octanol–water partition coefficient (Wildman–Crippen LogP) is 6.48. The van der Waals surface area contributed by atoms with Gasteiger partial charge in [0.15, 0.2) is 0 Å². The summed E-state index contributed by atoms with van der Waals surface area (Å²) in [4.78, 5) is 0. The number of allylic oxidation sites excluding steroid dienone is 3. The Kier molecular flexibility index (Phi) is 5.03. The van der Waals surface area contributed by atoms with Gasteiger partial charge in [-0.3, -0.25) is 0 Å². The minimum absolute atomic E-state index is 0.119. The van der Waals surface area contributed by atoms with E-state index in [-0.39, 0.29) is 11.3 Å². The van der Waals surface area contributed by atoms with Crippen LogP contribution in [0.3, 0.4) is 0 Å². The molecule has 0 amide bonds. The van der Waals surface area contributed by atoms with Gasteiger partial charge in [0.25, 0.3) is 0 Å². The summed E-state index contributed by atoms with van der Waals surface area (Å²) in [5, 5.41) is 0.